The minimum absolute atomic E-state index is 0.0772. The standard InChI is InChI=1S/C13H17F3N4O/c1-5-6-21-11-17-8(13(14,15)16)7-9-18-10(12(2,3)4)19-20(9)11/h7H,5-6H2,1-4H3. The molecule has 0 radical (unpaired) electrons. The molecular formula is C13H17F3N4O. The highest BCUT2D eigenvalue weighted by Crippen LogP contribution is 2.30. The highest BCUT2D eigenvalue weighted by Gasteiger charge is 2.35. The summed E-state index contributed by atoms with van der Waals surface area (Å²) in [6.07, 6.45) is -3.90. The molecule has 0 fully saturated rings. The van der Waals surface area contributed by atoms with E-state index in [4.69, 9.17) is 4.74 Å². The molecule has 0 amide bonds. The highest BCUT2D eigenvalue weighted by molar-refractivity contribution is 5.42. The normalized spacial score (nSPS) is 12.9. The fraction of sp³-hybridized carbons (Fsp3) is 0.615. The summed E-state index contributed by atoms with van der Waals surface area (Å²) in [6.45, 7) is 7.76. The van der Waals surface area contributed by atoms with E-state index in [2.05, 4.69) is 15.1 Å². The molecule has 2 rings (SSSR count). The Morgan fingerprint density at radius 2 is 1.86 bits per heavy atom. The van der Waals surface area contributed by atoms with Crippen molar-refractivity contribution in [2.45, 2.75) is 45.7 Å². The zero-order chi connectivity index (χ0) is 15.8. The number of nitrogens with zero attached hydrogens (tertiary/aromatic N) is 4. The molecule has 21 heavy (non-hydrogen) atoms. The minimum Gasteiger partial charge on any atom is -0.463 e. The van der Waals surface area contributed by atoms with Crippen molar-refractivity contribution >= 4 is 5.65 Å². The first kappa shape index (κ1) is 15.5. The third-order valence-corrected chi connectivity index (χ3v) is 2.69. The molecule has 8 heteroatoms. The molecule has 0 saturated heterocycles. The van der Waals surface area contributed by atoms with Gasteiger partial charge >= 0.3 is 12.2 Å². The number of ether oxygens (including phenoxy) is 1. The molecule has 5 nitrogen and oxygen atoms in total. The van der Waals surface area contributed by atoms with Gasteiger partial charge in [-0.3, -0.25) is 0 Å². The molecule has 2 heterocycles. The maximum absolute atomic E-state index is 12.9. The predicted octanol–water partition coefficient (Wildman–Crippen LogP) is 3.23. The Hall–Kier alpha value is -1.86. The lowest BCUT2D eigenvalue weighted by Crippen LogP contribution is -2.14. The first-order valence-electron chi connectivity index (χ1n) is 6.61. The number of halogens is 3. The number of hydrogen-bond acceptors (Lipinski definition) is 4. The molecule has 0 aliphatic rings. The van der Waals surface area contributed by atoms with Gasteiger partial charge in [0.25, 0.3) is 0 Å². The van der Waals surface area contributed by atoms with Crippen molar-refractivity contribution in [3.8, 4) is 6.01 Å². The van der Waals surface area contributed by atoms with Crippen LogP contribution >= 0.6 is 0 Å². The van der Waals surface area contributed by atoms with Crippen LogP contribution in [0.2, 0.25) is 0 Å². The molecule has 2 aromatic rings. The average Bonchev–Trinajstić information content (AvgIpc) is 2.78. The summed E-state index contributed by atoms with van der Waals surface area (Å²) < 4.78 is 45.1. The van der Waals surface area contributed by atoms with Crippen molar-refractivity contribution in [3.63, 3.8) is 0 Å². The van der Waals surface area contributed by atoms with E-state index in [9.17, 15) is 13.2 Å². The summed E-state index contributed by atoms with van der Waals surface area (Å²) in [5.41, 5.74) is -1.34. The van der Waals surface area contributed by atoms with E-state index in [1.54, 1.807) is 0 Å². The van der Waals surface area contributed by atoms with E-state index in [-0.39, 0.29) is 23.7 Å². The average molecular weight is 302 g/mol. The van der Waals surface area contributed by atoms with Crippen LogP contribution in [0.1, 0.15) is 45.6 Å². The van der Waals surface area contributed by atoms with Gasteiger partial charge in [0.1, 0.15) is 0 Å². The van der Waals surface area contributed by atoms with Crippen LogP contribution in [0.15, 0.2) is 6.07 Å². The largest absolute Gasteiger partial charge is 0.463 e. The molecule has 116 valence electrons. The summed E-state index contributed by atoms with van der Waals surface area (Å²) in [4.78, 5) is 7.68. The van der Waals surface area contributed by atoms with Crippen molar-refractivity contribution in [3.05, 3.63) is 17.6 Å². The lowest BCUT2D eigenvalue weighted by molar-refractivity contribution is -0.141. The highest BCUT2D eigenvalue weighted by atomic mass is 19.4. The second-order valence-electron chi connectivity index (χ2n) is 5.73. The fourth-order valence-electron chi connectivity index (χ4n) is 1.61. The first-order valence-corrected chi connectivity index (χ1v) is 6.61. The van der Waals surface area contributed by atoms with Gasteiger partial charge in [0, 0.05) is 11.5 Å². The van der Waals surface area contributed by atoms with Crippen LogP contribution in [0.5, 0.6) is 6.01 Å². The topological polar surface area (TPSA) is 52.3 Å². The Balaban J connectivity index is 2.62. The van der Waals surface area contributed by atoms with Gasteiger partial charge in [0.05, 0.1) is 6.61 Å². The monoisotopic (exact) mass is 302 g/mol. The summed E-state index contributed by atoms with van der Waals surface area (Å²) in [6, 6.07) is 0.686. The number of alkyl halides is 3. The van der Waals surface area contributed by atoms with E-state index >= 15 is 0 Å². The van der Waals surface area contributed by atoms with Gasteiger partial charge in [-0.1, -0.05) is 27.7 Å². The minimum atomic E-state index is -4.56. The Kier molecular flexibility index (Phi) is 3.81. The Bertz CT molecular complexity index is 643. The van der Waals surface area contributed by atoms with E-state index in [0.29, 0.717) is 12.2 Å². The maximum Gasteiger partial charge on any atom is 0.433 e. The molecule has 0 atom stereocenters. The van der Waals surface area contributed by atoms with Crippen LogP contribution < -0.4 is 4.74 Å². The van der Waals surface area contributed by atoms with E-state index < -0.39 is 11.9 Å². The summed E-state index contributed by atoms with van der Waals surface area (Å²) in [5.74, 6) is 0.435. The molecule has 0 aliphatic heterocycles. The second-order valence-corrected chi connectivity index (χ2v) is 5.73. The van der Waals surface area contributed by atoms with E-state index in [0.717, 1.165) is 6.07 Å². The zero-order valence-electron chi connectivity index (χ0n) is 12.3. The zero-order valence-corrected chi connectivity index (χ0v) is 12.3. The van der Waals surface area contributed by atoms with Gasteiger partial charge < -0.3 is 4.74 Å². The van der Waals surface area contributed by atoms with Crippen LogP contribution in [-0.4, -0.2) is 26.2 Å². The van der Waals surface area contributed by atoms with Crippen LogP contribution in [0.4, 0.5) is 13.2 Å². The van der Waals surface area contributed by atoms with E-state index in [1.165, 1.54) is 4.52 Å². The molecule has 0 spiro atoms. The molecule has 0 bridgehead atoms. The van der Waals surface area contributed by atoms with Crippen LogP contribution in [0, 0.1) is 0 Å². The quantitative estimate of drug-likeness (QED) is 0.873. The van der Waals surface area contributed by atoms with Crippen LogP contribution in [0.25, 0.3) is 5.65 Å². The molecular weight excluding hydrogens is 285 g/mol. The summed E-state index contributed by atoms with van der Waals surface area (Å²) >= 11 is 0. The number of rotatable bonds is 3. The predicted molar refractivity (Wildman–Crippen MR) is 70.3 cm³/mol. The first-order chi connectivity index (χ1) is 9.63. The SMILES string of the molecule is CCCOc1nc(C(F)(F)F)cc2nc(C(C)(C)C)nn12. The molecule has 0 aromatic carbocycles. The third-order valence-electron chi connectivity index (χ3n) is 2.69. The smallest absolute Gasteiger partial charge is 0.433 e. The van der Waals surface area contributed by atoms with Gasteiger partial charge in [-0.05, 0) is 6.42 Å². The fourth-order valence-corrected chi connectivity index (χ4v) is 1.61. The molecule has 0 N–H and O–H groups in total. The third kappa shape index (κ3) is 3.25. The van der Waals surface area contributed by atoms with Crippen molar-refractivity contribution in [1.82, 2.24) is 19.6 Å². The maximum atomic E-state index is 12.9. The lowest BCUT2D eigenvalue weighted by Gasteiger charge is -2.12. The number of aromatic nitrogens is 4. The van der Waals surface area contributed by atoms with Crippen molar-refractivity contribution in [2.24, 2.45) is 0 Å². The number of fused-ring (bicyclic) bond motifs is 1. The van der Waals surface area contributed by atoms with Crippen molar-refractivity contribution in [2.75, 3.05) is 6.61 Å². The number of hydrogen-bond donors (Lipinski definition) is 0. The molecule has 0 aliphatic carbocycles. The lowest BCUT2D eigenvalue weighted by atomic mass is 9.96. The van der Waals surface area contributed by atoms with Gasteiger partial charge in [-0.25, -0.2) is 4.98 Å². The van der Waals surface area contributed by atoms with Crippen LogP contribution in [0.3, 0.4) is 0 Å². The van der Waals surface area contributed by atoms with Crippen molar-refractivity contribution in [1.29, 1.82) is 0 Å². The Labute approximate surface area is 120 Å². The summed E-state index contributed by atoms with van der Waals surface area (Å²) in [5, 5.41) is 4.21. The summed E-state index contributed by atoms with van der Waals surface area (Å²) in [7, 11) is 0. The van der Waals surface area contributed by atoms with Gasteiger partial charge in [0.2, 0.25) is 0 Å². The van der Waals surface area contributed by atoms with Crippen LogP contribution in [-0.2, 0) is 11.6 Å². The molecule has 0 saturated carbocycles. The van der Waals surface area contributed by atoms with Gasteiger partial charge in [0.15, 0.2) is 17.2 Å². The van der Waals surface area contributed by atoms with Gasteiger partial charge in [-0.2, -0.15) is 22.7 Å². The van der Waals surface area contributed by atoms with Gasteiger partial charge in [-0.15, -0.1) is 5.10 Å². The molecule has 2 aromatic heterocycles. The van der Waals surface area contributed by atoms with E-state index in [1.807, 2.05) is 27.7 Å². The van der Waals surface area contributed by atoms with Crippen molar-refractivity contribution < 1.29 is 17.9 Å². The Morgan fingerprint density at radius 1 is 1.19 bits per heavy atom. The second kappa shape index (κ2) is 5.16. The molecule has 0 unspecified atom stereocenters. The Morgan fingerprint density at radius 3 is 2.38 bits per heavy atom.